The van der Waals surface area contributed by atoms with Crippen LogP contribution in [0, 0.1) is 17.8 Å². The van der Waals surface area contributed by atoms with Gasteiger partial charge in [0.15, 0.2) is 0 Å². The normalized spacial score (nSPS) is 29.0. The Morgan fingerprint density at radius 2 is 2.24 bits per heavy atom. The van der Waals surface area contributed by atoms with E-state index < -0.39 is 5.54 Å². The molecular formula is C15H28N4O2. The first-order valence-corrected chi connectivity index (χ1v) is 7.91. The van der Waals surface area contributed by atoms with Gasteiger partial charge >= 0.3 is 5.97 Å². The minimum atomic E-state index is -0.646. The third kappa shape index (κ3) is 4.35. The van der Waals surface area contributed by atoms with Crippen molar-refractivity contribution in [2.24, 2.45) is 22.9 Å². The molecule has 0 aliphatic heterocycles. The summed E-state index contributed by atoms with van der Waals surface area (Å²) in [5.74, 6) is 0.972. The molecule has 3 unspecified atom stereocenters. The summed E-state index contributed by atoms with van der Waals surface area (Å²) >= 11 is 0. The molecule has 0 bridgehead atoms. The summed E-state index contributed by atoms with van der Waals surface area (Å²) in [6, 6.07) is 0. The fraction of sp³-hybridized carbons (Fsp3) is 0.933. The number of azide groups is 1. The van der Waals surface area contributed by atoms with E-state index in [1.807, 2.05) is 6.92 Å². The quantitative estimate of drug-likeness (QED) is 0.257. The van der Waals surface area contributed by atoms with Crippen molar-refractivity contribution in [3.05, 3.63) is 10.4 Å². The van der Waals surface area contributed by atoms with Crippen molar-refractivity contribution in [2.45, 2.75) is 52.5 Å². The molecule has 0 amide bonds. The van der Waals surface area contributed by atoms with E-state index in [2.05, 4.69) is 36.1 Å². The van der Waals surface area contributed by atoms with Crippen LogP contribution in [0.1, 0.15) is 47.0 Å². The summed E-state index contributed by atoms with van der Waals surface area (Å²) in [4.78, 5) is 15.4. The Morgan fingerprint density at radius 1 is 1.52 bits per heavy atom. The standard InChI is InChI=1S/C15H28N4O2/c1-5-21-14(20)15(17-8-9-18-19-16)10-12(4)6-7-13(15)11(2)3/h11-13,17H,5-10H2,1-4H3. The van der Waals surface area contributed by atoms with E-state index in [-0.39, 0.29) is 11.9 Å². The van der Waals surface area contributed by atoms with Gasteiger partial charge in [0.25, 0.3) is 0 Å². The maximum atomic E-state index is 12.7. The SMILES string of the molecule is CCOC(=O)C1(NCCN=[N+]=[N-])CC(C)CCC1C(C)C. The Kier molecular flexibility index (Phi) is 6.99. The van der Waals surface area contributed by atoms with Crippen LogP contribution in [0.3, 0.4) is 0 Å². The van der Waals surface area contributed by atoms with Crippen LogP contribution in [-0.2, 0) is 9.53 Å². The minimum absolute atomic E-state index is 0.156. The summed E-state index contributed by atoms with van der Waals surface area (Å²) in [6.45, 7) is 9.56. The lowest BCUT2D eigenvalue weighted by Crippen LogP contribution is -2.62. The first kappa shape index (κ1) is 17.8. The highest BCUT2D eigenvalue weighted by atomic mass is 16.5. The number of rotatable bonds is 7. The summed E-state index contributed by atoms with van der Waals surface area (Å²) < 4.78 is 5.37. The lowest BCUT2D eigenvalue weighted by Gasteiger charge is -2.46. The molecule has 1 N–H and O–H groups in total. The number of carbonyl (C=O) groups excluding carboxylic acids is 1. The van der Waals surface area contributed by atoms with Crippen molar-refractivity contribution in [1.82, 2.24) is 5.32 Å². The molecule has 21 heavy (non-hydrogen) atoms. The number of hydrogen-bond donors (Lipinski definition) is 1. The highest BCUT2D eigenvalue weighted by Gasteiger charge is 2.50. The Bertz CT molecular complexity index is 393. The number of nitrogens with one attached hydrogen (secondary N) is 1. The highest BCUT2D eigenvalue weighted by Crippen LogP contribution is 2.41. The zero-order chi connectivity index (χ0) is 15.9. The molecule has 1 aliphatic carbocycles. The molecule has 0 aromatic carbocycles. The predicted molar refractivity (Wildman–Crippen MR) is 82.7 cm³/mol. The predicted octanol–water partition coefficient (Wildman–Crippen LogP) is 3.28. The molecule has 0 radical (unpaired) electrons. The Morgan fingerprint density at radius 3 is 2.81 bits per heavy atom. The van der Waals surface area contributed by atoms with Crippen molar-refractivity contribution in [3.8, 4) is 0 Å². The number of nitrogens with zero attached hydrogens (tertiary/aromatic N) is 3. The molecule has 1 rings (SSSR count). The van der Waals surface area contributed by atoms with E-state index >= 15 is 0 Å². The molecule has 0 spiro atoms. The van der Waals surface area contributed by atoms with Gasteiger partial charge in [-0.3, -0.25) is 4.79 Å². The lowest BCUT2D eigenvalue weighted by atomic mass is 9.65. The smallest absolute Gasteiger partial charge is 0.326 e. The van der Waals surface area contributed by atoms with Gasteiger partial charge in [0.2, 0.25) is 0 Å². The average molecular weight is 296 g/mol. The van der Waals surface area contributed by atoms with Crippen LogP contribution in [0.4, 0.5) is 0 Å². The molecule has 1 saturated carbocycles. The van der Waals surface area contributed by atoms with Crippen molar-refractivity contribution in [3.63, 3.8) is 0 Å². The van der Waals surface area contributed by atoms with Gasteiger partial charge in [-0.15, -0.1) is 0 Å². The van der Waals surface area contributed by atoms with Crippen molar-refractivity contribution < 1.29 is 9.53 Å². The van der Waals surface area contributed by atoms with Crippen LogP contribution in [0.2, 0.25) is 0 Å². The van der Waals surface area contributed by atoms with E-state index in [0.29, 0.717) is 31.5 Å². The number of ether oxygens (including phenoxy) is 1. The first-order chi connectivity index (χ1) is 9.97. The van der Waals surface area contributed by atoms with Crippen LogP contribution in [0.5, 0.6) is 0 Å². The Hall–Kier alpha value is -1.26. The molecule has 1 fully saturated rings. The maximum Gasteiger partial charge on any atom is 0.326 e. The summed E-state index contributed by atoms with van der Waals surface area (Å²) in [7, 11) is 0. The van der Waals surface area contributed by atoms with Gasteiger partial charge in [-0.2, -0.15) is 0 Å². The van der Waals surface area contributed by atoms with Crippen molar-refractivity contribution in [2.75, 3.05) is 19.7 Å². The highest BCUT2D eigenvalue weighted by molar-refractivity contribution is 5.81. The molecular weight excluding hydrogens is 268 g/mol. The minimum Gasteiger partial charge on any atom is -0.465 e. The average Bonchev–Trinajstić information content (AvgIpc) is 2.43. The Balaban J connectivity index is 2.99. The second-order valence-electron chi connectivity index (χ2n) is 6.31. The van der Waals surface area contributed by atoms with Gasteiger partial charge < -0.3 is 10.1 Å². The zero-order valence-electron chi connectivity index (χ0n) is 13.6. The van der Waals surface area contributed by atoms with Gasteiger partial charge in [0.05, 0.1) is 6.61 Å². The topological polar surface area (TPSA) is 87.1 Å². The summed E-state index contributed by atoms with van der Waals surface area (Å²) in [5.41, 5.74) is 7.74. The van der Waals surface area contributed by atoms with Crippen LogP contribution in [0.25, 0.3) is 10.4 Å². The van der Waals surface area contributed by atoms with Gasteiger partial charge in [0, 0.05) is 18.0 Å². The van der Waals surface area contributed by atoms with Gasteiger partial charge in [-0.1, -0.05) is 32.3 Å². The number of hydrogen-bond acceptors (Lipinski definition) is 4. The van der Waals surface area contributed by atoms with Crippen molar-refractivity contribution in [1.29, 1.82) is 0 Å². The Labute approximate surface area is 127 Å². The molecule has 1 aliphatic rings. The zero-order valence-corrected chi connectivity index (χ0v) is 13.6. The molecule has 0 aromatic rings. The summed E-state index contributed by atoms with van der Waals surface area (Å²) in [6.07, 6.45) is 2.94. The molecule has 0 aromatic heterocycles. The van der Waals surface area contributed by atoms with Crippen LogP contribution >= 0.6 is 0 Å². The third-order valence-electron chi connectivity index (χ3n) is 4.43. The second-order valence-corrected chi connectivity index (χ2v) is 6.31. The molecule has 0 saturated heterocycles. The van der Waals surface area contributed by atoms with Crippen molar-refractivity contribution >= 4 is 5.97 Å². The second kappa shape index (κ2) is 8.25. The largest absolute Gasteiger partial charge is 0.465 e. The van der Waals surface area contributed by atoms with Gasteiger partial charge in [-0.05, 0) is 43.1 Å². The van der Waals surface area contributed by atoms with Crippen LogP contribution < -0.4 is 5.32 Å². The van der Waals surface area contributed by atoms with Crippen LogP contribution in [-0.4, -0.2) is 31.2 Å². The third-order valence-corrected chi connectivity index (χ3v) is 4.43. The first-order valence-electron chi connectivity index (χ1n) is 7.91. The molecule has 6 heteroatoms. The van der Waals surface area contributed by atoms with E-state index in [9.17, 15) is 4.79 Å². The van der Waals surface area contributed by atoms with E-state index in [0.717, 1.165) is 19.3 Å². The van der Waals surface area contributed by atoms with E-state index in [4.69, 9.17) is 10.3 Å². The monoisotopic (exact) mass is 296 g/mol. The molecule has 3 atom stereocenters. The lowest BCUT2D eigenvalue weighted by molar-refractivity contribution is -0.158. The molecule has 120 valence electrons. The number of carbonyl (C=O) groups is 1. The summed E-state index contributed by atoms with van der Waals surface area (Å²) in [5, 5.41) is 6.92. The van der Waals surface area contributed by atoms with E-state index in [1.54, 1.807) is 0 Å². The maximum absolute atomic E-state index is 12.7. The fourth-order valence-corrected chi connectivity index (χ4v) is 3.56. The van der Waals surface area contributed by atoms with Crippen LogP contribution in [0.15, 0.2) is 5.11 Å². The molecule has 6 nitrogen and oxygen atoms in total. The fourth-order valence-electron chi connectivity index (χ4n) is 3.56. The number of esters is 1. The van der Waals surface area contributed by atoms with Gasteiger partial charge in [-0.25, -0.2) is 0 Å². The van der Waals surface area contributed by atoms with E-state index in [1.165, 1.54) is 0 Å². The molecule has 0 heterocycles. The van der Waals surface area contributed by atoms with Gasteiger partial charge in [0.1, 0.15) is 5.54 Å².